The van der Waals surface area contributed by atoms with Crippen LogP contribution in [0.25, 0.3) is 0 Å². The van der Waals surface area contributed by atoms with Crippen LogP contribution in [-0.4, -0.2) is 121 Å². The van der Waals surface area contributed by atoms with Crippen molar-refractivity contribution in [3.8, 4) is 0 Å². The van der Waals surface area contributed by atoms with E-state index in [0.29, 0.717) is 0 Å². The van der Waals surface area contributed by atoms with Crippen LogP contribution in [0.1, 0.15) is 6.92 Å². The molecule has 2 aliphatic rings. The fourth-order valence-corrected chi connectivity index (χ4v) is 3.74. The van der Waals surface area contributed by atoms with E-state index in [1.807, 2.05) is 0 Å². The standard InChI is InChI=1S/C15H25NO15S/c1-4(17)16-5-9(8(20)15(30-13(5)27-3)31-32(23,24)25)28-14-7(19)6(18)10(26-2)11(29-14)12(21)22/h5-11,13-15,18-20H,1-3H3,(H,16,17)(H,21,22)(H,23,24,25)/t5?,6?,7?,8?,9?,10-,11+,13+,14+,15-/m0/s1. The van der Waals surface area contributed by atoms with Crippen molar-refractivity contribution in [1.29, 1.82) is 0 Å². The van der Waals surface area contributed by atoms with Crippen LogP contribution in [0, 0.1) is 0 Å². The lowest BCUT2D eigenvalue weighted by molar-refractivity contribution is -0.353. The van der Waals surface area contributed by atoms with Crippen molar-refractivity contribution < 1.29 is 70.9 Å². The van der Waals surface area contributed by atoms with Gasteiger partial charge < -0.3 is 49.4 Å². The molecule has 16 nitrogen and oxygen atoms in total. The minimum atomic E-state index is -5.13. The van der Waals surface area contributed by atoms with Gasteiger partial charge in [0.15, 0.2) is 18.7 Å². The summed E-state index contributed by atoms with van der Waals surface area (Å²) in [6.07, 6.45) is -16.3. The zero-order chi connectivity index (χ0) is 24.4. The summed E-state index contributed by atoms with van der Waals surface area (Å²) in [5, 5.41) is 42.8. The van der Waals surface area contributed by atoms with E-state index in [0.717, 1.165) is 21.1 Å². The molecule has 0 aromatic heterocycles. The second kappa shape index (κ2) is 10.6. The van der Waals surface area contributed by atoms with Crippen molar-refractivity contribution in [1.82, 2.24) is 5.32 Å². The van der Waals surface area contributed by atoms with E-state index in [1.54, 1.807) is 0 Å². The van der Waals surface area contributed by atoms with Crippen LogP contribution in [0.15, 0.2) is 0 Å². The number of carboxylic acids is 1. The summed E-state index contributed by atoms with van der Waals surface area (Å²) in [7, 11) is -2.96. The average Bonchev–Trinajstić information content (AvgIpc) is 2.68. The Morgan fingerprint density at radius 3 is 2.00 bits per heavy atom. The number of nitrogens with one attached hydrogen (secondary N) is 1. The number of carbonyl (C=O) groups excluding carboxylic acids is 1. The number of carboxylic acid groups (broad SMARTS) is 1. The highest BCUT2D eigenvalue weighted by Gasteiger charge is 2.54. The summed E-state index contributed by atoms with van der Waals surface area (Å²) in [4.78, 5) is 23.1. The highest BCUT2D eigenvalue weighted by Crippen LogP contribution is 2.31. The Bertz CT molecular complexity index is 777. The van der Waals surface area contributed by atoms with E-state index < -0.39 is 83.8 Å². The molecule has 0 aliphatic carbocycles. The van der Waals surface area contributed by atoms with Crippen LogP contribution in [0.4, 0.5) is 0 Å². The van der Waals surface area contributed by atoms with Gasteiger partial charge in [0.05, 0.1) is 0 Å². The molecule has 2 heterocycles. The van der Waals surface area contributed by atoms with Crippen LogP contribution in [-0.2, 0) is 47.9 Å². The zero-order valence-corrected chi connectivity index (χ0v) is 17.8. The lowest BCUT2D eigenvalue weighted by Gasteiger charge is -2.46. The summed E-state index contributed by atoms with van der Waals surface area (Å²) in [5.74, 6) is -2.23. The van der Waals surface area contributed by atoms with E-state index in [-0.39, 0.29) is 0 Å². The highest BCUT2D eigenvalue weighted by atomic mass is 32.3. The van der Waals surface area contributed by atoms with Gasteiger partial charge in [-0.2, -0.15) is 8.42 Å². The van der Waals surface area contributed by atoms with Gasteiger partial charge in [-0.05, 0) is 0 Å². The Morgan fingerprint density at radius 2 is 1.53 bits per heavy atom. The minimum absolute atomic E-state index is 0.663. The number of aliphatic carboxylic acids is 1. The molecule has 32 heavy (non-hydrogen) atoms. The first-order valence-corrected chi connectivity index (χ1v) is 10.4. The van der Waals surface area contributed by atoms with Gasteiger partial charge in [0, 0.05) is 21.1 Å². The molecule has 0 saturated carbocycles. The molecule has 0 aromatic rings. The van der Waals surface area contributed by atoms with E-state index >= 15 is 0 Å². The van der Waals surface area contributed by atoms with Gasteiger partial charge in [-0.3, -0.25) is 9.35 Å². The lowest BCUT2D eigenvalue weighted by atomic mass is 9.97. The summed E-state index contributed by atoms with van der Waals surface area (Å²) >= 11 is 0. The number of amides is 1. The molecule has 0 radical (unpaired) electrons. The van der Waals surface area contributed by atoms with Crippen LogP contribution in [0.2, 0.25) is 0 Å². The van der Waals surface area contributed by atoms with Gasteiger partial charge in [0.2, 0.25) is 12.2 Å². The zero-order valence-electron chi connectivity index (χ0n) is 17.0. The van der Waals surface area contributed by atoms with Gasteiger partial charge in [-0.1, -0.05) is 0 Å². The Morgan fingerprint density at radius 1 is 0.906 bits per heavy atom. The molecular formula is C15H25NO15S. The number of aliphatic hydroxyl groups is 3. The molecule has 1 amide bonds. The maximum Gasteiger partial charge on any atom is 0.399 e. The second-order valence-corrected chi connectivity index (χ2v) is 7.94. The highest BCUT2D eigenvalue weighted by molar-refractivity contribution is 7.80. The van der Waals surface area contributed by atoms with Gasteiger partial charge in [0.25, 0.3) is 0 Å². The molecule has 2 saturated heterocycles. The van der Waals surface area contributed by atoms with E-state index in [2.05, 4.69) is 9.50 Å². The summed E-state index contributed by atoms with van der Waals surface area (Å²) in [6.45, 7) is 1.09. The fourth-order valence-electron chi connectivity index (χ4n) is 3.34. The normalized spacial score (nSPS) is 40.6. The largest absolute Gasteiger partial charge is 0.479 e. The molecule has 6 N–H and O–H groups in total. The van der Waals surface area contributed by atoms with Crippen LogP contribution < -0.4 is 5.32 Å². The number of ether oxygens (including phenoxy) is 5. The predicted octanol–water partition coefficient (Wildman–Crippen LogP) is -4.07. The first-order chi connectivity index (χ1) is 14.8. The Hall–Kier alpha value is -1.51. The third-order valence-corrected chi connectivity index (χ3v) is 5.13. The molecule has 2 rings (SSSR count). The first kappa shape index (κ1) is 26.7. The number of rotatable bonds is 8. The average molecular weight is 491 g/mol. The summed E-state index contributed by atoms with van der Waals surface area (Å²) in [6, 6.07) is -1.37. The summed E-state index contributed by atoms with van der Waals surface area (Å²) in [5.41, 5.74) is 0. The van der Waals surface area contributed by atoms with Crippen molar-refractivity contribution in [2.45, 2.75) is 68.5 Å². The predicted molar refractivity (Wildman–Crippen MR) is 95.9 cm³/mol. The minimum Gasteiger partial charge on any atom is -0.479 e. The van der Waals surface area contributed by atoms with Crippen molar-refractivity contribution in [2.75, 3.05) is 14.2 Å². The van der Waals surface area contributed by atoms with Crippen LogP contribution in [0.3, 0.4) is 0 Å². The van der Waals surface area contributed by atoms with Crippen molar-refractivity contribution in [2.24, 2.45) is 0 Å². The number of methoxy groups -OCH3 is 2. The van der Waals surface area contributed by atoms with Crippen molar-refractivity contribution in [3.05, 3.63) is 0 Å². The smallest absolute Gasteiger partial charge is 0.399 e. The molecule has 10 atom stereocenters. The summed E-state index contributed by atoms with van der Waals surface area (Å²) < 4.78 is 61.0. The molecule has 0 spiro atoms. The molecule has 17 heteroatoms. The number of carbonyl (C=O) groups is 2. The van der Waals surface area contributed by atoms with E-state index in [9.17, 15) is 38.4 Å². The second-order valence-electron chi connectivity index (χ2n) is 6.89. The number of hydrogen-bond donors (Lipinski definition) is 6. The number of hydrogen-bond acceptors (Lipinski definition) is 13. The maximum absolute atomic E-state index is 11.6. The third-order valence-electron chi connectivity index (χ3n) is 4.70. The first-order valence-electron chi connectivity index (χ1n) is 9.02. The van der Waals surface area contributed by atoms with Crippen LogP contribution >= 0.6 is 0 Å². The van der Waals surface area contributed by atoms with Gasteiger partial charge in [-0.15, -0.1) is 0 Å². The maximum atomic E-state index is 11.6. The fraction of sp³-hybridized carbons (Fsp3) is 0.867. The molecule has 2 aliphatic heterocycles. The molecule has 5 unspecified atom stereocenters. The Kier molecular flexibility index (Phi) is 8.87. The molecule has 0 bridgehead atoms. The van der Waals surface area contributed by atoms with E-state index in [4.69, 9.17) is 28.2 Å². The van der Waals surface area contributed by atoms with E-state index in [1.165, 1.54) is 0 Å². The lowest BCUT2D eigenvalue weighted by Crippen LogP contribution is -2.68. The van der Waals surface area contributed by atoms with Gasteiger partial charge in [0.1, 0.15) is 36.6 Å². The van der Waals surface area contributed by atoms with Crippen LogP contribution in [0.5, 0.6) is 0 Å². The third kappa shape index (κ3) is 6.08. The molecule has 2 fully saturated rings. The Balaban J connectivity index is 2.37. The number of aliphatic hydroxyl groups excluding tert-OH is 3. The topological polar surface area (TPSA) is 237 Å². The Labute approximate surface area is 181 Å². The van der Waals surface area contributed by atoms with Gasteiger partial charge in [-0.25, -0.2) is 8.98 Å². The molecule has 0 aromatic carbocycles. The quantitative estimate of drug-likeness (QED) is 0.177. The molecule has 186 valence electrons. The monoisotopic (exact) mass is 491 g/mol. The van der Waals surface area contributed by atoms with Crippen molar-refractivity contribution in [3.63, 3.8) is 0 Å². The van der Waals surface area contributed by atoms with Gasteiger partial charge >= 0.3 is 16.4 Å². The SMILES string of the molecule is CO[C@@H]1O[C@@H](OS(=O)(=O)O)C(O)C(O[C@@H]2O[C@@H](C(=O)O)[C@@H](OC)C(O)C2O)C1NC(C)=O. The molecular weight excluding hydrogens is 466 g/mol. The van der Waals surface area contributed by atoms with Crippen molar-refractivity contribution >= 4 is 22.3 Å².